The van der Waals surface area contributed by atoms with E-state index in [1.165, 1.54) is 0 Å². The second-order valence-electron chi connectivity index (χ2n) is 3.21. The van der Waals surface area contributed by atoms with E-state index in [4.69, 9.17) is 4.74 Å². The number of hydrogen-bond donors (Lipinski definition) is 1. The molecule has 0 bridgehead atoms. The summed E-state index contributed by atoms with van der Waals surface area (Å²) in [5.41, 5.74) is 1.77. The zero-order valence-electron chi connectivity index (χ0n) is 8.84. The van der Waals surface area contributed by atoms with Crippen LogP contribution in [0.4, 0.5) is 0 Å². The van der Waals surface area contributed by atoms with Crippen molar-refractivity contribution in [2.75, 3.05) is 20.3 Å². The Hall–Kier alpha value is -0.870. The summed E-state index contributed by atoms with van der Waals surface area (Å²) < 4.78 is 5.79. The number of nitrogens with one attached hydrogen (secondary N) is 1. The maximum absolute atomic E-state index is 11.6. The molecule has 0 unspecified atom stereocenters. The highest BCUT2D eigenvalue weighted by Gasteiger charge is 2.05. The monoisotopic (exact) mass is 271 g/mol. The van der Waals surface area contributed by atoms with Crippen molar-refractivity contribution in [1.29, 1.82) is 0 Å². The lowest BCUT2D eigenvalue weighted by molar-refractivity contribution is 0.0937. The Kier molecular flexibility index (Phi) is 4.78. The van der Waals surface area contributed by atoms with Gasteiger partial charge in [0.25, 0.3) is 5.91 Å². The van der Waals surface area contributed by atoms with Crippen molar-refractivity contribution in [3.05, 3.63) is 33.8 Å². The Bertz CT molecular complexity index is 352. The van der Waals surface area contributed by atoms with Crippen molar-refractivity contribution in [3.63, 3.8) is 0 Å². The number of carbonyl (C=O) groups is 1. The van der Waals surface area contributed by atoms with Gasteiger partial charge in [-0.25, -0.2) is 0 Å². The molecule has 3 nitrogen and oxygen atoms in total. The van der Waals surface area contributed by atoms with Crippen LogP contribution < -0.4 is 5.32 Å². The molecule has 0 atom stereocenters. The minimum atomic E-state index is -0.0762. The first-order chi connectivity index (χ1) is 7.15. The van der Waals surface area contributed by atoms with Gasteiger partial charge in [0.1, 0.15) is 0 Å². The third-order valence-electron chi connectivity index (χ3n) is 2.03. The second kappa shape index (κ2) is 5.88. The van der Waals surface area contributed by atoms with E-state index in [2.05, 4.69) is 21.2 Å². The van der Waals surface area contributed by atoms with Crippen molar-refractivity contribution >= 4 is 21.8 Å². The molecule has 0 saturated heterocycles. The molecule has 15 heavy (non-hydrogen) atoms. The number of ether oxygens (including phenoxy) is 1. The number of hydrogen-bond acceptors (Lipinski definition) is 2. The van der Waals surface area contributed by atoms with Crippen LogP contribution >= 0.6 is 15.9 Å². The van der Waals surface area contributed by atoms with Crippen LogP contribution in [0.25, 0.3) is 0 Å². The molecule has 1 aromatic carbocycles. The number of methoxy groups -OCH3 is 1. The van der Waals surface area contributed by atoms with E-state index < -0.39 is 0 Å². The zero-order valence-corrected chi connectivity index (χ0v) is 10.4. The van der Waals surface area contributed by atoms with Crippen LogP contribution in [0.3, 0.4) is 0 Å². The van der Waals surface area contributed by atoms with Gasteiger partial charge in [-0.15, -0.1) is 0 Å². The van der Waals surface area contributed by atoms with Crippen LogP contribution in [0.1, 0.15) is 15.9 Å². The molecule has 0 radical (unpaired) electrons. The standard InChI is InChI=1S/C11H14BrNO2/c1-8-3-4-9(7-10(8)12)11(14)13-5-6-15-2/h3-4,7H,5-6H2,1-2H3,(H,13,14). The molecule has 0 aromatic heterocycles. The number of carbonyl (C=O) groups excluding carboxylic acids is 1. The molecule has 1 aromatic rings. The Morgan fingerprint density at radius 3 is 2.87 bits per heavy atom. The van der Waals surface area contributed by atoms with Crippen LogP contribution in [0.2, 0.25) is 0 Å². The van der Waals surface area contributed by atoms with Gasteiger partial charge in [0, 0.05) is 23.7 Å². The molecule has 82 valence electrons. The largest absolute Gasteiger partial charge is 0.383 e. The van der Waals surface area contributed by atoms with Gasteiger partial charge in [-0.1, -0.05) is 22.0 Å². The van der Waals surface area contributed by atoms with E-state index in [0.717, 1.165) is 10.0 Å². The Morgan fingerprint density at radius 2 is 2.27 bits per heavy atom. The van der Waals surface area contributed by atoms with Crippen molar-refractivity contribution in [2.45, 2.75) is 6.92 Å². The lowest BCUT2D eigenvalue weighted by Crippen LogP contribution is -2.26. The van der Waals surface area contributed by atoms with E-state index in [-0.39, 0.29) is 5.91 Å². The number of halogens is 1. The SMILES string of the molecule is COCCNC(=O)c1ccc(C)c(Br)c1. The van der Waals surface area contributed by atoms with Gasteiger partial charge in [0.05, 0.1) is 6.61 Å². The molecule has 0 heterocycles. The number of rotatable bonds is 4. The maximum atomic E-state index is 11.6. The van der Waals surface area contributed by atoms with E-state index >= 15 is 0 Å². The third-order valence-corrected chi connectivity index (χ3v) is 2.88. The summed E-state index contributed by atoms with van der Waals surface area (Å²) in [5.74, 6) is -0.0762. The van der Waals surface area contributed by atoms with Crippen LogP contribution in [-0.2, 0) is 4.74 Å². The van der Waals surface area contributed by atoms with Gasteiger partial charge >= 0.3 is 0 Å². The van der Waals surface area contributed by atoms with Gasteiger partial charge < -0.3 is 10.1 Å². The smallest absolute Gasteiger partial charge is 0.251 e. The topological polar surface area (TPSA) is 38.3 Å². The molecule has 0 aliphatic carbocycles. The van der Waals surface area contributed by atoms with Crippen LogP contribution in [-0.4, -0.2) is 26.2 Å². The molecule has 1 rings (SSSR count). The molecule has 1 N–H and O–H groups in total. The molecule has 0 spiro atoms. The quantitative estimate of drug-likeness (QED) is 0.853. The molecular weight excluding hydrogens is 258 g/mol. The number of amides is 1. The number of benzene rings is 1. The van der Waals surface area contributed by atoms with E-state index in [9.17, 15) is 4.79 Å². The van der Waals surface area contributed by atoms with Gasteiger partial charge in [-0.2, -0.15) is 0 Å². The first kappa shape index (κ1) is 12.2. The summed E-state index contributed by atoms with van der Waals surface area (Å²) in [6.45, 7) is 3.04. The summed E-state index contributed by atoms with van der Waals surface area (Å²) in [6, 6.07) is 5.54. The molecular formula is C11H14BrNO2. The van der Waals surface area contributed by atoms with Gasteiger partial charge in [0.2, 0.25) is 0 Å². The predicted molar refractivity (Wildman–Crippen MR) is 63.1 cm³/mol. The van der Waals surface area contributed by atoms with Crippen molar-refractivity contribution in [1.82, 2.24) is 5.32 Å². The second-order valence-corrected chi connectivity index (χ2v) is 4.07. The lowest BCUT2D eigenvalue weighted by atomic mass is 10.1. The summed E-state index contributed by atoms with van der Waals surface area (Å²) in [5, 5.41) is 2.76. The van der Waals surface area contributed by atoms with Crippen molar-refractivity contribution < 1.29 is 9.53 Å². The van der Waals surface area contributed by atoms with Crippen molar-refractivity contribution in [2.24, 2.45) is 0 Å². The summed E-state index contributed by atoms with van der Waals surface area (Å²) in [6.07, 6.45) is 0. The Balaban J connectivity index is 2.62. The lowest BCUT2D eigenvalue weighted by Gasteiger charge is -2.05. The van der Waals surface area contributed by atoms with Crippen molar-refractivity contribution in [3.8, 4) is 0 Å². The first-order valence-electron chi connectivity index (χ1n) is 4.68. The minimum Gasteiger partial charge on any atom is -0.383 e. The van der Waals surface area contributed by atoms with Crippen LogP contribution in [0, 0.1) is 6.92 Å². The van der Waals surface area contributed by atoms with Crippen LogP contribution in [0.15, 0.2) is 22.7 Å². The van der Waals surface area contributed by atoms with Gasteiger partial charge in [0.15, 0.2) is 0 Å². The number of aryl methyl sites for hydroxylation is 1. The molecule has 4 heteroatoms. The predicted octanol–water partition coefficient (Wildman–Crippen LogP) is 2.13. The average molecular weight is 272 g/mol. The van der Waals surface area contributed by atoms with E-state index in [1.54, 1.807) is 7.11 Å². The summed E-state index contributed by atoms with van der Waals surface area (Å²) in [4.78, 5) is 11.6. The highest BCUT2D eigenvalue weighted by Crippen LogP contribution is 2.17. The first-order valence-corrected chi connectivity index (χ1v) is 5.47. The maximum Gasteiger partial charge on any atom is 0.251 e. The van der Waals surface area contributed by atoms with E-state index in [0.29, 0.717) is 18.7 Å². The van der Waals surface area contributed by atoms with Crippen LogP contribution in [0.5, 0.6) is 0 Å². The minimum absolute atomic E-state index is 0.0762. The normalized spacial score (nSPS) is 10.1. The fourth-order valence-electron chi connectivity index (χ4n) is 1.10. The van der Waals surface area contributed by atoms with E-state index in [1.807, 2.05) is 25.1 Å². The fraction of sp³-hybridized carbons (Fsp3) is 0.364. The third kappa shape index (κ3) is 3.64. The summed E-state index contributed by atoms with van der Waals surface area (Å²) in [7, 11) is 1.61. The fourth-order valence-corrected chi connectivity index (χ4v) is 1.48. The molecule has 0 aliphatic heterocycles. The Labute approximate surface area is 97.9 Å². The van der Waals surface area contributed by atoms with Gasteiger partial charge in [-0.05, 0) is 24.6 Å². The molecule has 0 saturated carbocycles. The highest BCUT2D eigenvalue weighted by molar-refractivity contribution is 9.10. The zero-order chi connectivity index (χ0) is 11.3. The Morgan fingerprint density at radius 1 is 1.53 bits per heavy atom. The van der Waals surface area contributed by atoms with Gasteiger partial charge in [-0.3, -0.25) is 4.79 Å². The highest BCUT2D eigenvalue weighted by atomic mass is 79.9. The summed E-state index contributed by atoms with van der Waals surface area (Å²) >= 11 is 3.39. The molecule has 1 amide bonds. The average Bonchev–Trinajstić information content (AvgIpc) is 2.22. The molecule has 0 aliphatic rings. The molecule has 0 fully saturated rings.